The molecule has 27 heavy (non-hydrogen) atoms. The fourth-order valence-corrected chi connectivity index (χ4v) is 3.71. The molecular formula is C22H23BrN2O2. The number of carbonyl (C=O) groups excluding carboxylic acids is 2. The number of rotatable bonds is 7. The first-order valence-corrected chi connectivity index (χ1v) is 9.91. The topological polar surface area (TPSA) is 40.6 Å². The standard InChI is InChI=1S/C22H23BrN2O2/c1-3-24(16(2)17-9-5-4-6-10-17)14-13-18(23)15-25-21(26)19-11-7-8-12-20(19)22(25)27/h4-13,16H,3,14-15H2,1-2H3/b18-13+. The minimum Gasteiger partial charge on any atom is -0.293 e. The van der Waals surface area contributed by atoms with Gasteiger partial charge in [-0.1, -0.05) is 71.4 Å². The fourth-order valence-electron chi connectivity index (χ4n) is 3.32. The van der Waals surface area contributed by atoms with Gasteiger partial charge in [-0.25, -0.2) is 0 Å². The molecule has 2 aromatic carbocycles. The predicted octanol–water partition coefficient (Wildman–Crippen LogP) is 4.64. The smallest absolute Gasteiger partial charge is 0.261 e. The molecule has 0 aromatic heterocycles. The zero-order valence-electron chi connectivity index (χ0n) is 15.6. The van der Waals surface area contributed by atoms with Crippen LogP contribution < -0.4 is 0 Å². The predicted molar refractivity (Wildman–Crippen MR) is 111 cm³/mol. The number of benzene rings is 2. The Morgan fingerprint density at radius 2 is 1.59 bits per heavy atom. The summed E-state index contributed by atoms with van der Waals surface area (Å²) >= 11 is 3.54. The van der Waals surface area contributed by atoms with Gasteiger partial charge >= 0.3 is 0 Å². The van der Waals surface area contributed by atoms with Crippen molar-refractivity contribution < 1.29 is 9.59 Å². The van der Waals surface area contributed by atoms with Gasteiger partial charge in [-0.2, -0.15) is 0 Å². The number of nitrogens with zero attached hydrogens (tertiary/aromatic N) is 2. The van der Waals surface area contributed by atoms with Crippen LogP contribution >= 0.6 is 15.9 Å². The average Bonchev–Trinajstić information content (AvgIpc) is 2.94. The van der Waals surface area contributed by atoms with Gasteiger partial charge in [0.05, 0.1) is 17.7 Å². The molecular weight excluding hydrogens is 404 g/mol. The quantitative estimate of drug-likeness (QED) is 0.605. The Labute approximate surface area is 168 Å². The van der Waals surface area contributed by atoms with Gasteiger partial charge in [0.25, 0.3) is 11.8 Å². The summed E-state index contributed by atoms with van der Waals surface area (Å²) in [6, 6.07) is 17.6. The lowest BCUT2D eigenvalue weighted by Gasteiger charge is -2.27. The minimum absolute atomic E-state index is 0.231. The van der Waals surface area contributed by atoms with E-state index in [2.05, 4.69) is 46.8 Å². The number of likely N-dealkylation sites (N-methyl/N-ethyl adjacent to an activating group) is 1. The summed E-state index contributed by atoms with van der Waals surface area (Å²) in [5.41, 5.74) is 2.23. The summed E-state index contributed by atoms with van der Waals surface area (Å²) in [6.45, 7) is 6.20. The van der Waals surface area contributed by atoms with Crippen LogP contribution in [0, 0.1) is 0 Å². The number of hydrogen-bond acceptors (Lipinski definition) is 3. The van der Waals surface area contributed by atoms with E-state index < -0.39 is 0 Å². The van der Waals surface area contributed by atoms with Gasteiger partial charge in [-0.05, 0) is 31.2 Å². The van der Waals surface area contributed by atoms with E-state index in [1.54, 1.807) is 24.3 Å². The number of imide groups is 1. The third-order valence-electron chi connectivity index (χ3n) is 4.97. The van der Waals surface area contributed by atoms with Crippen molar-refractivity contribution in [3.05, 3.63) is 81.8 Å². The van der Waals surface area contributed by atoms with Crippen molar-refractivity contribution in [3.63, 3.8) is 0 Å². The molecule has 0 aliphatic carbocycles. The summed E-state index contributed by atoms with van der Waals surface area (Å²) < 4.78 is 0.829. The van der Waals surface area contributed by atoms with E-state index in [0.29, 0.717) is 11.1 Å². The molecule has 5 heteroatoms. The highest BCUT2D eigenvalue weighted by molar-refractivity contribution is 9.11. The van der Waals surface area contributed by atoms with Crippen molar-refractivity contribution in [2.75, 3.05) is 19.6 Å². The van der Waals surface area contributed by atoms with Crippen LogP contribution in [0.2, 0.25) is 0 Å². The molecule has 0 spiro atoms. The zero-order chi connectivity index (χ0) is 19.4. The molecule has 1 aliphatic rings. The third-order valence-corrected chi connectivity index (χ3v) is 5.55. The first-order valence-electron chi connectivity index (χ1n) is 9.11. The van der Waals surface area contributed by atoms with Gasteiger partial charge in [0, 0.05) is 17.1 Å². The molecule has 4 nitrogen and oxygen atoms in total. The van der Waals surface area contributed by atoms with Crippen LogP contribution in [0.15, 0.2) is 65.2 Å². The van der Waals surface area contributed by atoms with Crippen LogP contribution in [0.3, 0.4) is 0 Å². The lowest BCUT2D eigenvalue weighted by atomic mass is 10.1. The monoisotopic (exact) mass is 426 g/mol. The van der Waals surface area contributed by atoms with Gasteiger partial charge in [0.1, 0.15) is 0 Å². The van der Waals surface area contributed by atoms with Crippen molar-refractivity contribution in [2.45, 2.75) is 19.9 Å². The number of amides is 2. The molecule has 1 atom stereocenters. The van der Waals surface area contributed by atoms with E-state index in [1.165, 1.54) is 10.5 Å². The van der Waals surface area contributed by atoms with Gasteiger partial charge in [0.2, 0.25) is 0 Å². The molecule has 0 N–H and O–H groups in total. The van der Waals surface area contributed by atoms with Crippen LogP contribution in [0.5, 0.6) is 0 Å². The maximum Gasteiger partial charge on any atom is 0.261 e. The van der Waals surface area contributed by atoms with Crippen molar-refractivity contribution >= 4 is 27.7 Å². The second kappa shape index (κ2) is 8.63. The fraction of sp³-hybridized carbons (Fsp3) is 0.273. The molecule has 2 amide bonds. The first-order chi connectivity index (χ1) is 13.0. The van der Waals surface area contributed by atoms with Crippen LogP contribution in [-0.4, -0.2) is 41.2 Å². The summed E-state index contributed by atoms with van der Waals surface area (Å²) in [6.07, 6.45) is 2.03. The zero-order valence-corrected chi connectivity index (χ0v) is 17.1. The van der Waals surface area contributed by atoms with Crippen molar-refractivity contribution in [2.24, 2.45) is 0 Å². The highest BCUT2D eigenvalue weighted by Gasteiger charge is 2.35. The minimum atomic E-state index is -0.231. The molecule has 1 unspecified atom stereocenters. The van der Waals surface area contributed by atoms with E-state index in [9.17, 15) is 9.59 Å². The molecule has 0 fully saturated rings. The SMILES string of the molecule is CCN(C/C=C(/Br)CN1C(=O)c2ccccc2C1=O)C(C)c1ccccc1. The molecule has 0 radical (unpaired) electrons. The van der Waals surface area contributed by atoms with Crippen LogP contribution in [0.1, 0.15) is 46.2 Å². The summed E-state index contributed by atoms with van der Waals surface area (Å²) in [7, 11) is 0. The lowest BCUT2D eigenvalue weighted by molar-refractivity contribution is 0.0671. The number of carbonyl (C=O) groups is 2. The Bertz CT molecular complexity index is 829. The van der Waals surface area contributed by atoms with Crippen LogP contribution in [-0.2, 0) is 0 Å². The Kier molecular flexibility index (Phi) is 6.24. The Hall–Kier alpha value is -2.24. The Balaban J connectivity index is 1.66. The molecule has 140 valence electrons. The highest BCUT2D eigenvalue weighted by atomic mass is 79.9. The number of halogens is 1. The molecule has 2 aromatic rings. The summed E-state index contributed by atoms with van der Waals surface area (Å²) in [4.78, 5) is 28.6. The second-order valence-corrected chi connectivity index (χ2v) is 7.59. The van der Waals surface area contributed by atoms with E-state index >= 15 is 0 Å². The van der Waals surface area contributed by atoms with Crippen LogP contribution in [0.25, 0.3) is 0 Å². The lowest BCUT2D eigenvalue weighted by Crippen LogP contribution is -2.31. The van der Waals surface area contributed by atoms with Gasteiger partial charge in [-0.15, -0.1) is 0 Å². The van der Waals surface area contributed by atoms with Crippen molar-refractivity contribution in [3.8, 4) is 0 Å². The number of hydrogen-bond donors (Lipinski definition) is 0. The van der Waals surface area contributed by atoms with Crippen LogP contribution in [0.4, 0.5) is 0 Å². The third kappa shape index (κ3) is 4.20. The van der Waals surface area contributed by atoms with Gasteiger partial charge < -0.3 is 0 Å². The van der Waals surface area contributed by atoms with E-state index in [4.69, 9.17) is 0 Å². The normalized spacial score (nSPS) is 15.4. The van der Waals surface area contributed by atoms with E-state index in [-0.39, 0.29) is 24.4 Å². The molecule has 3 rings (SSSR count). The largest absolute Gasteiger partial charge is 0.293 e. The van der Waals surface area contributed by atoms with Crippen molar-refractivity contribution in [1.29, 1.82) is 0 Å². The molecule has 1 heterocycles. The molecule has 0 saturated carbocycles. The summed E-state index contributed by atoms with van der Waals surface area (Å²) in [5, 5.41) is 0. The van der Waals surface area contributed by atoms with Crippen molar-refractivity contribution in [1.82, 2.24) is 9.80 Å². The second-order valence-electron chi connectivity index (χ2n) is 6.57. The van der Waals surface area contributed by atoms with E-state index in [1.807, 2.05) is 24.3 Å². The van der Waals surface area contributed by atoms with E-state index in [0.717, 1.165) is 17.6 Å². The van der Waals surface area contributed by atoms with Gasteiger partial charge in [0.15, 0.2) is 0 Å². The Morgan fingerprint density at radius 3 is 2.15 bits per heavy atom. The maximum atomic E-state index is 12.5. The molecule has 0 saturated heterocycles. The van der Waals surface area contributed by atoms with Gasteiger partial charge in [-0.3, -0.25) is 19.4 Å². The molecule has 0 bridgehead atoms. The highest BCUT2D eigenvalue weighted by Crippen LogP contribution is 2.25. The molecule has 1 aliphatic heterocycles. The first kappa shape index (κ1) is 19.5. The average molecular weight is 427 g/mol. The summed E-state index contributed by atoms with van der Waals surface area (Å²) in [5.74, 6) is -0.461. The maximum absolute atomic E-state index is 12.5. The Morgan fingerprint density at radius 1 is 1.04 bits per heavy atom. The number of fused-ring (bicyclic) bond motifs is 1.